The van der Waals surface area contributed by atoms with Gasteiger partial charge in [0.15, 0.2) is 11.6 Å². The number of halogens is 2. The van der Waals surface area contributed by atoms with Gasteiger partial charge in [0.25, 0.3) is 5.88 Å². The van der Waals surface area contributed by atoms with Crippen molar-refractivity contribution in [1.82, 2.24) is 45.1 Å². The van der Waals surface area contributed by atoms with Gasteiger partial charge in [-0.2, -0.15) is 9.97 Å². The number of rotatable bonds is 13. The van der Waals surface area contributed by atoms with E-state index in [1.54, 1.807) is 46.6 Å². The molecule has 440 valence electrons. The van der Waals surface area contributed by atoms with Crippen molar-refractivity contribution in [3.8, 4) is 45.9 Å². The molecule has 4 aromatic heterocycles. The molecule has 0 spiro atoms. The maximum absolute atomic E-state index is 16.3. The lowest BCUT2D eigenvalue weighted by Crippen LogP contribution is -2.57. The monoisotopic (exact) mass is 1160 g/mol. The first-order chi connectivity index (χ1) is 40.4. The van der Waals surface area contributed by atoms with Crippen LogP contribution >= 0.6 is 11.3 Å². The van der Waals surface area contributed by atoms with E-state index < -0.39 is 29.2 Å². The lowest BCUT2D eigenvalue weighted by atomic mass is 9.91. The molecule has 5 aliphatic heterocycles. The van der Waals surface area contributed by atoms with Crippen molar-refractivity contribution in [2.24, 2.45) is 5.92 Å². The number of fused-ring (bicyclic) bond motifs is 5. The highest BCUT2D eigenvalue weighted by molar-refractivity contribution is 7.13. The van der Waals surface area contributed by atoms with E-state index in [2.05, 4.69) is 53.4 Å². The average molecular weight is 1160 g/mol. The van der Waals surface area contributed by atoms with Gasteiger partial charge in [-0.25, -0.2) is 18.6 Å². The van der Waals surface area contributed by atoms with E-state index in [0.717, 1.165) is 53.9 Å². The number of carbonyl (C=O) groups excluding carboxylic acids is 3. The van der Waals surface area contributed by atoms with E-state index in [4.69, 9.17) is 25.2 Å². The molecule has 7 unspecified atom stereocenters. The maximum Gasteiger partial charge on any atom is 0.410 e. The number of likely N-dealkylation sites (tertiary alicyclic amines) is 1. The Hall–Kier alpha value is -7.76. The molecule has 3 amide bonds. The van der Waals surface area contributed by atoms with Crippen molar-refractivity contribution >= 4 is 56.7 Å². The average Bonchev–Trinajstić information content (AvgIpc) is 4.51. The molecule has 12 rings (SSSR count). The van der Waals surface area contributed by atoms with Gasteiger partial charge in [-0.1, -0.05) is 68.3 Å². The van der Waals surface area contributed by atoms with Gasteiger partial charge in [-0.05, 0) is 126 Å². The molecule has 17 nitrogen and oxygen atoms in total. The molecule has 0 aliphatic carbocycles. The Morgan fingerprint density at radius 1 is 0.917 bits per heavy atom. The number of ether oxygens (including phenoxy) is 3. The van der Waals surface area contributed by atoms with Crippen LogP contribution in [0.2, 0.25) is 0 Å². The second-order valence-corrected chi connectivity index (χ2v) is 24.9. The van der Waals surface area contributed by atoms with Gasteiger partial charge in [-0.3, -0.25) is 24.4 Å². The van der Waals surface area contributed by atoms with Crippen LogP contribution in [0.15, 0.2) is 76.9 Å². The van der Waals surface area contributed by atoms with Crippen LogP contribution < -0.4 is 19.7 Å². The molecule has 5 saturated heterocycles. The number of nitrogens with one attached hydrogen (secondary N) is 1. The van der Waals surface area contributed by atoms with Gasteiger partial charge in [0.1, 0.15) is 47.0 Å². The Kier molecular flexibility index (Phi) is 16.6. The quantitative estimate of drug-likeness (QED) is 0.108. The van der Waals surface area contributed by atoms with Crippen LogP contribution in [0, 0.1) is 36.8 Å². The third-order valence-electron chi connectivity index (χ3n) is 17.1. The number of aryl methyl sites for hydroxylation is 1. The van der Waals surface area contributed by atoms with E-state index in [0.29, 0.717) is 83.9 Å². The Labute approximate surface area is 492 Å². The van der Waals surface area contributed by atoms with Gasteiger partial charge in [0, 0.05) is 54.9 Å². The van der Waals surface area contributed by atoms with Crippen LogP contribution in [-0.4, -0.2) is 133 Å². The summed E-state index contributed by atoms with van der Waals surface area (Å²) in [6.45, 7) is 16.8. The molecular formula is C64H72F2N10O7S. The van der Waals surface area contributed by atoms with Crippen molar-refractivity contribution in [2.45, 2.75) is 148 Å². The highest BCUT2D eigenvalue weighted by atomic mass is 32.1. The van der Waals surface area contributed by atoms with Gasteiger partial charge in [0.05, 0.1) is 52.3 Å². The van der Waals surface area contributed by atoms with Crippen LogP contribution in [-0.2, 0) is 14.3 Å². The highest BCUT2D eigenvalue weighted by Crippen LogP contribution is 2.41. The summed E-state index contributed by atoms with van der Waals surface area (Å²) < 4.78 is 53.7. The standard InChI is InChI=1S/C33H43N5O4S.C31H29F2N5O3/c1-20(2)30(28-17-29(36-42-28)41-18-26-14-13-25-7-5-15-37(25)26)33(40)38-16-6-8-27(38)32(39)35-21(3)23-9-11-24(12-10-23)31-22(4)34-19-43-31;1-6-20-23(32)13-10-17-8-7-9-21(24(17)20)26-25(33)27-22(14-34-26)28(36-29(35-27)40-5)37-15-18-11-12-19(16-37)38(18)30(39)41-31(2,3)4/h9-12,17,19-21,25-27,30H,5-8,13-16,18H2,1-4H3,(H,35,39);1,7-10,13-14,18-19H,11-12,15-16H2,2-5H3. The molecule has 5 aliphatic rings. The van der Waals surface area contributed by atoms with E-state index in [1.165, 1.54) is 38.6 Å². The van der Waals surface area contributed by atoms with E-state index in [-0.39, 0.29) is 64.7 Å². The van der Waals surface area contributed by atoms with Crippen LogP contribution in [0.5, 0.6) is 11.9 Å². The number of methoxy groups -OCH3 is 1. The zero-order valence-electron chi connectivity index (χ0n) is 48.9. The van der Waals surface area contributed by atoms with Crippen molar-refractivity contribution in [2.75, 3.05) is 44.8 Å². The molecule has 1 N–H and O–H groups in total. The number of terminal acetylenes is 1. The minimum atomic E-state index is -0.695. The number of pyridine rings is 1. The predicted octanol–water partition coefficient (Wildman–Crippen LogP) is 11.4. The molecule has 9 heterocycles. The summed E-state index contributed by atoms with van der Waals surface area (Å²) in [7, 11) is 1.42. The molecule has 7 aromatic rings. The van der Waals surface area contributed by atoms with E-state index >= 15 is 4.39 Å². The first kappa shape index (κ1) is 58.0. The number of piperazine rings is 1. The number of hydrogen-bond acceptors (Lipinski definition) is 15. The molecular weight excluding hydrogens is 1090 g/mol. The molecule has 2 bridgehead atoms. The summed E-state index contributed by atoms with van der Waals surface area (Å²) in [5.74, 6) is 1.75. The number of aromatic nitrogens is 5. The topological polar surface area (TPSA) is 181 Å². The number of nitrogens with zero attached hydrogens (tertiary/aromatic N) is 9. The summed E-state index contributed by atoms with van der Waals surface area (Å²) in [5, 5.41) is 8.79. The fourth-order valence-corrected chi connectivity index (χ4v) is 13.9. The Morgan fingerprint density at radius 3 is 2.37 bits per heavy atom. The minimum absolute atomic E-state index is 0.00116. The normalized spacial score (nSPS) is 21.1. The predicted molar refractivity (Wildman–Crippen MR) is 318 cm³/mol. The summed E-state index contributed by atoms with van der Waals surface area (Å²) in [6.07, 6.45) is 14.9. The largest absolute Gasteiger partial charge is 0.474 e. The summed E-state index contributed by atoms with van der Waals surface area (Å²) in [4.78, 5) is 67.4. The van der Waals surface area contributed by atoms with Crippen molar-refractivity contribution < 1.29 is 41.9 Å². The Balaban J connectivity index is 0.000000176. The maximum atomic E-state index is 16.3. The molecule has 84 heavy (non-hydrogen) atoms. The SMILES string of the molecule is C#Cc1c(F)ccc2cccc(-c3ncc4c(N5CC6CCC(C5)N6C(=O)OC(C)(C)C)nc(OC)nc4c3F)c12.Cc1ncsc1-c1ccc(C(C)NC(=O)C2CCCN2C(=O)C(c2cc(OCC3CCC4CCCN43)no2)C(C)C)cc1. The number of carbonyl (C=O) groups is 3. The number of anilines is 1. The molecule has 5 fully saturated rings. The minimum Gasteiger partial charge on any atom is -0.474 e. The first-order valence-corrected chi connectivity index (χ1v) is 30.1. The molecule has 20 heteroatoms. The van der Waals surface area contributed by atoms with E-state index in [1.807, 2.05) is 75.9 Å². The number of benzene rings is 3. The summed E-state index contributed by atoms with van der Waals surface area (Å²) in [5.41, 5.74) is 4.83. The van der Waals surface area contributed by atoms with Crippen molar-refractivity contribution in [3.05, 3.63) is 107 Å². The van der Waals surface area contributed by atoms with Gasteiger partial charge >= 0.3 is 12.1 Å². The van der Waals surface area contributed by atoms with Crippen LogP contribution in [0.4, 0.5) is 19.4 Å². The smallest absolute Gasteiger partial charge is 0.410 e. The molecule has 0 radical (unpaired) electrons. The van der Waals surface area contributed by atoms with Crippen molar-refractivity contribution in [1.29, 1.82) is 0 Å². The lowest BCUT2D eigenvalue weighted by Gasteiger charge is -2.42. The second-order valence-electron chi connectivity index (χ2n) is 24.0. The van der Waals surface area contributed by atoms with Crippen LogP contribution in [0.1, 0.15) is 127 Å². The zero-order valence-corrected chi connectivity index (χ0v) is 49.7. The number of hydrogen-bond donors (Lipinski definition) is 1. The molecule has 7 atom stereocenters. The van der Waals surface area contributed by atoms with Crippen molar-refractivity contribution in [3.63, 3.8) is 0 Å². The lowest BCUT2D eigenvalue weighted by molar-refractivity contribution is -0.141. The number of amides is 3. The third-order valence-corrected chi connectivity index (χ3v) is 18.1. The Morgan fingerprint density at radius 2 is 1.67 bits per heavy atom. The van der Waals surface area contributed by atoms with Gasteiger partial charge < -0.3 is 33.9 Å². The summed E-state index contributed by atoms with van der Waals surface area (Å²) >= 11 is 1.62. The summed E-state index contributed by atoms with van der Waals surface area (Å²) in [6, 6.07) is 18.4. The fraction of sp³-hybridized carbons (Fsp3) is 0.469. The van der Waals surface area contributed by atoms with Gasteiger partial charge in [-0.15, -0.1) is 17.8 Å². The van der Waals surface area contributed by atoms with Crippen LogP contribution in [0.3, 0.4) is 0 Å². The molecule has 3 aromatic carbocycles. The fourth-order valence-electron chi connectivity index (χ4n) is 13.1. The van der Waals surface area contributed by atoms with Crippen LogP contribution in [0.25, 0.3) is 43.4 Å². The molecule has 0 saturated carbocycles. The first-order valence-electron chi connectivity index (χ1n) is 29.2. The van der Waals surface area contributed by atoms with E-state index in [9.17, 15) is 18.8 Å². The van der Waals surface area contributed by atoms with Gasteiger partial charge in [0.2, 0.25) is 11.8 Å². The second kappa shape index (κ2) is 24.1. The highest BCUT2D eigenvalue weighted by Gasteiger charge is 2.46. The zero-order chi connectivity index (χ0) is 59.1. The third kappa shape index (κ3) is 11.6. The Bertz CT molecular complexity index is 3620. The number of thiazole rings is 1.